The van der Waals surface area contributed by atoms with E-state index in [4.69, 9.17) is 9.47 Å². The van der Waals surface area contributed by atoms with Gasteiger partial charge in [0.25, 0.3) is 5.91 Å². The molecule has 1 aliphatic rings. The van der Waals surface area contributed by atoms with Crippen LogP contribution in [-0.2, 0) is 6.54 Å². The summed E-state index contributed by atoms with van der Waals surface area (Å²) in [4.78, 5) is 22.8. The van der Waals surface area contributed by atoms with Gasteiger partial charge >= 0.3 is 0 Å². The Morgan fingerprint density at radius 2 is 1.62 bits per heavy atom. The van der Waals surface area contributed by atoms with Gasteiger partial charge < -0.3 is 24.4 Å². The van der Waals surface area contributed by atoms with E-state index >= 15 is 0 Å². The molecule has 0 bridgehead atoms. The zero-order valence-electron chi connectivity index (χ0n) is 21.8. The number of aromatic hydroxyl groups is 1. The van der Waals surface area contributed by atoms with Gasteiger partial charge in [0.15, 0.2) is 11.5 Å². The Labute approximate surface area is 217 Å². The molecule has 0 spiro atoms. The van der Waals surface area contributed by atoms with Crippen molar-refractivity contribution in [3.63, 3.8) is 0 Å². The zero-order valence-corrected chi connectivity index (χ0v) is 21.8. The van der Waals surface area contributed by atoms with Gasteiger partial charge in [0.05, 0.1) is 26.0 Å². The molecular weight excluding hydrogens is 472 g/mol. The number of rotatable bonds is 9. The molecule has 0 atom stereocenters. The minimum absolute atomic E-state index is 0.0943. The second kappa shape index (κ2) is 11.9. The molecule has 1 N–H and O–H groups in total. The minimum atomic E-state index is -0.0943. The summed E-state index contributed by atoms with van der Waals surface area (Å²) in [5, 5.41) is 18.3. The molecule has 10 nitrogen and oxygen atoms in total. The highest BCUT2D eigenvalue weighted by Gasteiger charge is 2.23. The Balaban J connectivity index is 1.43. The summed E-state index contributed by atoms with van der Waals surface area (Å²) in [6.45, 7) is 9.09. The number of carbonyl (C=O) groups is 1. The maximum absolute atomic E-state index is 12.5. The van der Waals surface area contributed by atoms with E-state index in [1.54, 1.807) is 37.4 Å². The molecule has 0 radical (unpaired) electrons. The van der Waals surface area contributed by atoms with Gasteiger partial charge in [-0.15, -0.1) is 10.2 Å². The van der Waals surface area contributed by atoms with Crippen LogP contribution < -0.4 is 14.4 Å². The average Bonchev–Trinajstić information content (AvgIpc) is 2.94. The SMILES string of the molecule is CCN(CC)C(=O)c1ccc(N2CCN(Cc3c(OC)cc(-c4cncc(O)c4)cc3OC)CC2)nn1. The topological polar surface area (TPSA) is 104 Å². The summed E-state index contributed by atoms with van der Waals surface area (Å²) in [5.41, 5.74) is 2.97. The Morgan fingerprint density at radius 1 is 0.946 bits per heavy atom. The molecule has 4 rings (SSSR count). The number of anilines is 1. The number of benzene rings is 1. The molecular formula is C27H34N6O4. The van der Waals surface area contributed by atoms with Gasteiger partial charge in [-0.05, 0) is 49.7 Å². The first-order valence-electron chi connectivity index (χ1n) is 12.5. The van der Waals surface area contributed by atoms with Crippen LogP contribution in [0, 0.1) is 0 Å². The number of aromatic nitrogens is 3. The summed E-state index contributed by atoms with van der Waals surface area (Å²) < 4.78 is 11.5. The van der Waals surface area contributed by atoms with Crippen molar-refractivity contribution >= 4 is 11.7 Å². The predicted octanol–water partition coefficient (Wildman–Crippen LogP) is 3.07. The van der Waals surface area contributed by atoms with Crippen molar-refractivity contribution < 1.29 is 19.4 Å². The van der Waals surface area contributed by atoms with Crippen molar-refractivity contribution in [3.8, 4) is 28.4 Å². The first-order valence-corrected chi connectivity index (χ1v) is 12.5. The third-order valence-electron chi connectivity index (χ3n) is 6.66. The number of pyridine rings is 1. The van der Waals surface area contributed by atoms with Gasteiger partial charge in [-0.3, -0.25) is 14.7 Å². The Morgan fingerprint density at radius 3 is 2.16 bits per heavy atom. The molecule has 1 aromatic carbocycles. The molecule has 0 aliphatic carbocycles. The third-order valence-corrected chi connectivity index (χ3v) is 6.66. The number of piperazine rings is 1. The lowest BCUT2D eigenvalue weighted by molar-refractivity contribution is 0.0766. The summed E-state index contributed by atoms with van der Waals surface area (Å²) in [6.07, 6.45) is 3.10. The van der Waals surface area contributed by atoms with E-state index in [0.717, 1.165) is 60.2 Å². The third kappa shape index (κ3) is 5.91. The van der Waals surface area contributed by atoms with Crippen LogP contribution in [0.5, 0.6) is 17.2 Å². The summed E-state index contributed by atoms with van der Waals surface area (Å²) >= 11 is 0. The van der Waals surface area contributed by atoms with Gasteiger partial charge in [-0.1, -0.05) is 0 Å². The molecule has 1 fully saturated rings. The lowest BCUT2D eigenvalue weighted by atomic mass is 10.0. The van der Waals surface area contributed by atoms with E-state index in [0.29, 0.717) is 25.3 Å². The first-order chi connectivity index (χ1) is 18.0. The summed E-state index contributed by atoms with van der Waals surface area (Å²) in [6, 6.07) is 9.19. The van der Waals surface area contributed by atoms with E-state index in [9.17, 15) is 9.90 Å². The molecule has 3 heterocycles. The van der Waals surface area contributed by atoms with Crippen LogP contribution in [0.15, 0.2) is 42.7 Å². The largest absolute Gasteiger partial charge is 0.506 e. The van der Waals surface area contributed by atoms with E-state index in [-0.39, 0.29) is 11.7 Å². The lowest BCUT2D eigenvalue weighted by Gasteiger charge is -2.35. The highest BCUT2D eigenvalue weighted by molar-refractivity contribution is 5.92. The van der Waals surface area contributed by atoms with Crippen LogP contribution in [0.4, 0.5) is 5.82 Å². The van der Waals surface area contributed by atoms with Crippen LogP contribution in [0.25, 0.3) is 11.1 Å². The van der Waals surface area contributed by atoms with Crippen molar-refractivity contribution in [1.82, 2.24) is 25.0 Å². The van der Waals surface area contributed by atoms with Crippen molar-refractivity contribution in [3.05, 3.63) is 54.0 Å². The molecule has 10 heteroatoms. The van der Waals surface area contributed by atoms with Crippen LogP contribution in [0.2, 0.25) is 0 Å². The number of hydrogen-bond donors (Lipinski definition) is 1. The number of ether oxygens (including phenoxy) is 2. The maximum Gasteiger partial charge on any atom is 0.274 e. The fourth-order valence-corrected chi connectivity index (χ4v) is 4.53. The summed E-state index contributed by atoms with van der Waals surface area (Å²) in [7, 11) is 3.29. The van der Waals surface area contributed by atoms with Crippen molar-refractivity contribution in [2.75, 3.05) is 58.4 Å². The molecule has 1 aliphatic heterocycles. The molecule has 196 valence electrons. The van der Waals surface area contributed by atoms with Crippen LogP contribution in [0.1, 0.15) is 29.9 Å². The number of hydrogen-bond acceptors (Lipinski definition) is 9. The highest BCUT2D eigenvalue weighted by atomic mass is 16.5. The van der Waals surface area contributed by atoms with Crippen LogP contribution in [0.3, 0.4) is 0 Å². The standard InChI is InChI=1S/C27H34N6O4/c1-5-32(6-2)27(35)23-7-8-26(30-29-23)33-11-9-31(10-12-33)18-22-24(36-3)14-19(15-25(22)37-4)20-13-21(34)17-28-16-20/h7-8,13-17,34H,5-6,9-12,18H2,1-4H3. The van der Waals surface area contributed by atoms with Gasteiger partial charge in [-0.25, -0.2) is 0 Å². The molecule has 3 aromatic rings. The van der Waals surface area contributed by atoms with Crippen molar-refractivity contribution in [2.45, 2.75) is 20.4 Å². The lowest BCUT2D eigenvalue weighted by Crippen LogP contribution is -2.46. The Bertz CT molecular complexity index is 1180. The quantitative estimate of drug-likeness (QED) is 0.469. The fraction of sp³-hybridized carbons (Fsp3) is 0.407. The normalized spacial score (nSPS) is 13.9. The van der Waals surface area contributed by atoms with Crippen molar-refractivity contribution in [2.24, 2.45) is 0 Å². The van der Waals surface area contributed by atoms with E-state index < -0.39 is 0 Å². The highest BCUT2D eigenvalue weighted by Crippen LogP contribution is 2.36. The molecule has 0 unspecified atom stereocenters. The van der Waals surface area contributed by atoms with Gasteiger partial charge in [0.1, 0.15) is 17.2 Å². The molecule has 1 saturated heterocycles. The first kappa shape index (κ1) is 26.2. The molecule has 0 saturated carbocycles. The number of nitrogens with zero attached hydrogens (tertiary/aromatic N) is 6. The van der Waals surface area contributed by atoms with Gasteiger partial charge in [-0.2, -0.15) is 0 Å². The van der Waals surface area contributed by atoms with Crippen molar-refractivity contribution in [1.29, 1.82) is 0 Å². The van der Waals surface area contributed by atoms with Gasteiger partial charge in [0.2, 0.25) is 0 Å². The second-order valence-electron chi connectivity index (χ2n) is 8.81. The molecule has 1 amide bonds. The van der Waals surface area contributed by atoms with Gasteiger partial charge in [0, 0.05) is 57.6 Å². The van der Waals surface area contributed by atoms with E-state index in [1.165, 1.54) is 6.20 Å². The summed E-state index contributed by atoms with van der Waals surface area (Å²) in [5.74, 6) is 2.23. The molecule has 37 heavy (non-hydrogen) atoms. The molecule has 2 aromatic heterocycles. The number of amides is 1. The van der Waals surface area contributed by atoms with E-state index in [2.05, 4.69) is 25.0 Å². The second-order valence-corrected chi connectivity index (χ2v) is 8.81. The number of methoxy groups -OCH3 is 2. The maximum atomic E-state index is 12.5. The smallest absolute Gasteiger partial charge is 0.274 e. The zero-order chi connectivity index (χ0) is 26.4. The number of carbonyl (C=O) groups excluding carboxylic acids is 1. The van der Waals surface area contributed by atoms with Crippen LogP contribution >= 0.6 is 0 Å². The monoisotopic (exact) mass is 506 g/mol. The Hall–Kier alpha value is -3.92. The van der Waals surface area contributed by atoms with Crippen LogP contribution in [-0.4, -0.2) is 89.5 Å². The average molecular weight is 507 g/mol. The predicted molar refractivity (Wildman–Crippen MR) is 141 cm³/mol. The Kier molecular flexibility index (Phi) is 8.39. The fourth-order valence-electron chi connectivity index (χ4n) is 4.53. The minimum Gasteiger partial charge on any atom is -0.506 e. The van der Waals surface area contributed by atoms with E-state index in [1.807, 2.05) is 32.0 Å².